The number of hydrogen-bond acceptors (Lipinski definition) is 6. The zero-order valence-electron chi connectivity index (χ0n) is 14.6. The first-order chi connectivity index (χ1) is 12.1. The van der Waals surface area contributed by atoms with Gasteiger partial charge in [-0.1, -0.05) is 18.2 Å². The van der Waals surface area contributed by atoms with E-state index in [1.165, 1.54) is 0 Å². The Balaban J connectivity index is 2.37. The molecule has 0 saturated heterocycles. The standard InChI is InChI=1S/C17H25N3O3S2/c1-14-16(19(12-24-10-8-21)13-25-11-9-22)17(23)20(18(14)2)15-6-4-3-5-7-15/h3-7,21-22H,8-13H2,1-2H3. The predicted molar refractivity (Wildman–Crippen MR) is 107 cm³/mol. The van der Waals surface area contributed by atoms with Gasteiger partial charge in [-0.25, -0.2) is 4.68 Å². The lowest BCUT2D eigenvalue weighted by molar-refractivity contribution is 0.322. The summed E-state index contributed by atoms with van der Waals surface area (Å²) < 4.78 is 3.54. The number of aromatic nitrogens is 2. The Hall–Kier alpha value is -1.35. The number of hydrogen-bond donors (Lipinski definition) is 2. The first-order valence-electron chi connectivity index (χ1n) is 8.08. The van der Waals surface area contributed by atoms with Crippen LogP contribution in [-0.2, 0) is 7.05 Å². The highest BCUT2D eigenvalue weighted by Crippen LogP contribution is 2.22. The van der Waals surface area contributed by atoms with Gasteiger partial charge < -0.3 is 15.1 Å². The molecule has 1 heterocycles. The number of anilines is 1. The van der Waals surface area contributed by atoms with Crippen molar-refractivity contribution < 1.29 is 10.2 Å². The molecule has 0 fully saturated rings. The van der Waals surface area contributed by atoms with Gasteiger partial charge in [0.15, 0.2) is 0 Å². The minimum Gasteiger partial charge on any atom is -0.396 e. The van der Waals surface area contributed by atoms with Gasteiger partial charge in [-0.15, -0.1) is 23.5 Å². The van der Waals surface area contributed by atoms with Crippen LogP contribution in [0.1, 0.15) is 5.69 Å². The second kappa shape index (κ2) is 9.96. The molecule has 2 N–H and O–H groups in total. The highest BCUT2D eigenvalue weighted by molar-refractivity contribution is 8.00. The second-order valence-corrected chi connectivity index (χ2v) is 7.62. The van der Waals surface area contributed by atoms with Gasteiger partial charge in [-0.05, 0) is 19.1 Å². The van der Waals surface area contributed by atoms with Gasteiger partial charge in [0.2, 0.25) is 0 Å². The second-order valence-electron chi connectivity index (χ2n) is 5.47. The Morgan fingerprint density at radius 2 is 1.60 bits per heavy atom. The molecule has 0 radical (unpaired) electrons. The minimum atomic E-state index is -0.0552. The molecule has 0 spiro atoms. The highest BCUT2D eigenvalue weighted by Gasteiger charge is 2.21. The van der Waals surface area contributed by atoms with Crippen LogP contribution in [0.5, 0.6) is 0 Å². The Morgan fingerprint density at radius 1 is 1.04 bits per heavy atom. The number of para-hydroxylation sites is 1. The third-order valence-corrected chi connectivity index (χ3v) is 5.74. The molecule has 138 valence electrons. The number of nitrogens with zero attached hydrogens (tertiary/aromatic N) is 3. The summed E-state index contributed by atoms with van der Waals surface area (Å²) in [6, 6.07) is 9.58. The van der Waals surface area contributed by atoms with Crippen molar-refractivity contribution in [3.05, 3.63) is 46.4 Å². The monoisotopic (exact) mass is 383 g/mol. The molecule has 0 aliphatic carbocycles. The van der Waals surface area contributed by atoms with E-state index in [1.807, 2.05) is 53.9 Å². The van der Waals surface area contributed by atoms with Crippen molar-refractivity contribution >= 4 is 29.2 Å². The topological polar surface area (TPSA) is 70.6 Å². The quantitative estimate of drug-likeness (QED) is 0.480. The molecule has 0 amide bonds. The minimum absolute atomic E-state index is 0.0552. The van der Waals surface area contributed by atoms with Crippen LogP contribution in [0, 0.1) is 6.92 Å². The number of rotatable bonds is 10. The van der Waals surface area contributed by atoms with Crippen LogP contribution in [0.3, 0.4) is 0 Å². The fourth-order valence-electron chi connectivity index (χ4n) is 2.56. The molecule has 0 saturated carbocycles. The molecule has 8 heteroatoms. The maximum atomic E-state index is 13.1. The van der Waals surface area contributed by atoms with Crippen LogP contribution in [0.4, 0.5) is 5.69 Å². The number of thioether (sulfide) groups is 2. The predicted octanol–water partition coefficient (Wildman–Crippen LogP) is 1.66. The summed E-state index contributed by atoms with van der Waals surface area (Å²) in [7, 11) is 1.88. The molecule has 1 aromatic heterocycles. The van der Waals surface area contributed by atoms with E-state index in [0.717, 1.165) is 11.4 Å². The van der Waals surface area contributed by atoms with E-state index in [0.29, 0.717) is 28.9 Å². The summed E-state index contributed by atoms with van der Waals surface area (Å²) in [5.41, 5.74) is 2.33. The number of aliphatic hydroxyl groups is 2. The van der Waals surface area contributed by atoms with E-state index in [2.05, 4.69) is 0 Å². The van der Waals surface area contributed by atoms with Crippen molar-refractivity contribution in [3.63, 3.8) is 0 Å². The van der Waals surface area contributed by atoms with Crippen LogP contribution in [0.15, 0.2) is 35.1 Å². The lowest BCUT2D eigenvalue weighted by Crippen LogP contribution is -2.29. The molecule has 2 rings (SSSR count). The molecular weight excluding hydrogens is 358 g/mol. The third kappa shape index (κ3) is 4.84. The van der Waals surface area contributed by atoms with Gasteiger partial charge in [0.25, 0.3) is 5.56 Å². The lowest BCUT2D eigenvalue weighted by atomic mass is 10.3. The Labute approximate surface area is 156 Å². The number of aliphatic hydroxyl groups excluding tert-OH is 2. The lowest BCUT2D eigenvalue weighted by Gasteiger charge is -2.22. The normalized spacial score (nSPS) is 11.0. The molecule has 0 aliphatic heterocycles. The zero-order chi connectivity index (χ0) is 18.2. The van der Waals surface area contributed by atoms with E-state index in [-0.39, 0.29) is 18.8 Å². The van der Waals surface area contributed by atoms with E-state index in [4.69, 9.17) is 10.2 Å². The van der Waals surface area contributed by atoms with Crippen molar-refractivity contribution in [1.82, 2.24) is 9.36 Å². The highest BCUT2D eigenvalue weighted by atomic mass is 32.2. The van der Waals surface area contributed by atoms with E-state index in [9.17, 15) is 4.79 Å². The van der Waals surface area contributed by atoms with Crippen LogP contribution in [0.25, 0.3) is 5.69 Å². The molecule has 25 heavy (non-hydrogen) atoms. The van der Waals surface area contributed by atoms with Gasteiger partial charge in [-0.3, -0.25) is 9.48 Å². The fourth-order valence-corrected chi connectivity index (χ4v) is 4.08. The molecular formula is C17H25N3O3S2. The van der Waals surface area contributed by atoms with Crippen LogP contribution >= 0.6 is 23.5 Å². The Morgan fingerprint density at radius 3 is 2.12 bits per heavy atom. The molecule has 6 nitrogen and oxygen atoms in total. The Kier molecular flexibility index (Phi) is 7.95. The van der Waals surface area contributed by atoms with Gasteiger partial charge in [0.1, 0.15) is 5.69 Å². The SMILES string of the molecule is Cc1c(N(CSCCO)CSCCO)c(=O)n(-c2ccccc2)n1C. The molecule has 1 aromatic carbocycles. The van der Waals surface area contributed by atoms with Gasteiger partial charge in [0.05, 0.1) is 36.3 Å². The van der Waals surface area contributed by atoms with Crippen LogP contribution in [0.2, 0.25) is 0 Å². The first kappa shape index (κ1) is 20.0. The summed E-state index contributed by atoms with van der Waals surface area (Å²) >= 11 is 3.17. The summed E-state index contributed by atoms with van der Waals surface area (Å²) in [5.74, 6) is 2.49. The average Bonchev–Trinajstić information content (AvgIpc) is 2.84. The number of benzene rings is 1. The summed E-state index contributed by atoms with van der Waals surface area (Å²) in [6.07, 6.45) is 0. The van der Waals surface area contributed by atoms with Crippen LogP contribution in [-0.4, -0.2) is 56.0 Å². The smallest absolute Gasteiger partial charge is 0.295 e. The van der Waals surface area contributed by atoms with Crippen molar-refractivity contribution in [1.29, 1.82) is 0 Å². The van der Waals surface area contributed by atoms with Crippen molar-refractivity contribution in [2.75, 3.05) is 41.4 Å². The zero-order valence-corrected chi connectivity index (χ0v) is 16.2. The van der Waals surface area contributed by atoms with E-state index < -0.39 is 0 Å². The third-order valence-electron chi connectivity index (χ3n) is 3.81. The average molecular weight is 384 g/mol. The summed E-state index contributed by atoms with van der Waals surface area (Å²) in [6.45, 7) is 2.17. The molecule has 2 aromatic rings. The van der Waals surface area contributed by atoms with Gasteiger partial charge >= 0.3 is 0 Å². The van der Waals surface area contributed by atoms with Crippen molar-refractivity contribution in [2.24, 2.45) is 7.05 Å². The summed E-state index contributed by atoms with van der Waals surface area (Å²) in [5, 5.41) is 18.0. The van der Waals surface area contributed by atoms with Crippen molar-refractivity contribution in [2.45, 2.75) is 6.92 Å². The fraction of sp³-hybridized carbons (Fsp3) is 0.471. The molecule has 0 aliphatic rings. The molecule has 0 unspecified atom stereocenters. The van der Waals surface area contributed by atoms with Gasteiger partial charge in [-0.2, -0.15) is 0 Å². The van der Waals surface area contributed by atoms with Crippen LogP contribution < -0.4 is 10.5 Å². The van der Waals surface area contributed by atoms with Crippen molar-refractivity contribution in [3.8, 4) is 5.69 Å². The largest absolute Gasteiger partial charge is 0.396 e. The van der Waals surface area contributed by atoms with Gasteiger partial charge in [0, 0.05) is 18.6 Å². The first-order valence-corrected chi connectivity index (χ1v) is 10.4. The molecule has 0 atom stereocenters. The Bertz CT molecular complexity index is 706. The van der Waals surface area contributed by atoms with E-state index >= 15 is 0 Å². The summed E-state index contributed by atoms with van der Waals surface area (Å²) in [4.78, 5) is 15.1. The maximum absolute atomic E-state index is 13.1. The van der Waals surface area contributed by atoms with E-state index in [1.54, 1.807) is 28.2 Å². The maximum Gasteiger partial charge on any atom is 0.295 e. The molecule has 0 bridgehead atoms.